The lowest BCUT2D eigenvalue weighted by Gasteiger charge is -2.22. The summed E-state index contributed by atoms with van der Waals surface area (Å²) in [6.07, 6.45) is 9.23. The van der Waals surface area contributed by atoms with Gasteiger partial charge in [0.1, 0.15) is 6.10 Å². The van der Waals surface area contributed by atoms with Gasteiger partial charge in [0.15, 0.2) is 0 Å². The second-order valence-corrected chi connectivity index (χ2v) is 5.48. The molecule has 1 aliphatic heterocycles. The first kappa shape index (κ1) is 16.4. The summed E-state index contributed by atoms with van der Waals surface area (Å²) in [5.41, 5.74) is 0. The van der Waals surface area contributed by atoms with Gasteiger partial charge in [-0.05, 0) is 19.3 Å². The van der Waals surface area contributed by atoms with Gasteiger partial charge in [-0.2, -0.15) is 0 Å². The maximum Gasteiger partial charge on any atom is 0.306 e. The minimum atomic E-state index is -0.737. The smallest absolute Gasteiger partial charge is 0.306 e. The largest absolute Gasteiger partial charge is 0.460 e. The quantitative estimate of drug-likeness (QED) is 0.775. The Kier molecular flexibility index (Phi) is 8.84. The fraction of sp³-hybridized carbons (Fsp3) is 0.933. The van der Waals surface area contributed by atoms with E-state index in [0.717, 1.165) is 25.7 Å². The van der Waals surface area contributed by atoms with Crippen LogP contribution in [-0.2, 0) is 9.53 Å². The molecular weight excluding hydrogens is 244 g/mol. The predicted molar refractivity (Wildman–Crippen MR) is 73.8 cm³/mol. The molecule has 0 bridgehead atoms. The van der Waals surface area contributed by atoms with Crippen LogP contribution in [0.5, 0.6) is 0 Å². The molecule has 1 rings (SSSR count). The van der Waals surface area contributed by atoms with E-state index in [9.17, 15) is 9.90 Å². The molecule has 0 saturated carbocycles. The van der Waals surface area contributed by atoms with Crippen LogP contribution in [0.15, 0.2) is 0 Å². The molecule has 1 saturated heterocycles. The summed E-state index contributed by atoms with van der Waals surface area (Å²) in [5.74, 6) is -0.207. The summed E-state index contributed by atoms with van der Waals surface area (Å²) in [5, 5.41) is 18.8. The SMILES string of the molecule is O=C1CCCCCCCCCC[C@H]([C@H](O)CCO)O1. The number of carbonyl (C=O) groups is 1. The topological polar surface area (TPSA) is 66.8 Å². The number of ether oxygens (including phenoxy) is 1. The van der Waals surface area contributed by atoms with Gasteiger partial charge in [0.05, 0.1) is 6.10 Å². The summed E-state index contributed by atoms with van der Waals surface area (Å²) in [4.78, 5) is 11.7. The van der Waals surface area contributed by atoms with Crippen molar-refractivity contribution in [1.29, 1.82) is 0 Å². The summed E-state index contributed by atoms with van der Waals surface area (Å²) in [6, 6.07) is 0. The number of cyclic esters (lactones) is 1. The number of aliphatic hydroxyl groups excluding tert-OH is 2. The highest BCUT2D eigenvalue weighted by Crippen LogP contribution is 2.18. The van der Waals surface area contributed by atoms with E-state index < -0.39 is 12.2 Å². The van der Waals surface area contributed by atoms with Gasteiger partial charge in [-0.3, -0.25) is 4.79 Å². The van der Waals surface area contributed by atoms with Crippen LogP contribution in [0, 0.1) is 0 Å². The molecule has 1 fully saturated rings. The average molecular weight is 272 g/mol. The van der Waals surface area contributed by atoms with E-state index in [1.165, 1.54) is 25.7 Å². The minimum Gasteiger partial charge on any atom is -0.460 e. The minimum absolute atomic E-state index is 0.0742. The van der Waals surface area contributed by atoms with Crippen molar-refractivity contribution in [3.8, 4) is 0 Å². The fourth-order valence-corrected chi connectivity index (χ4v) is 2.55. The van der Waals surface area contributed by atoms with Gasteiger partial charge in [0.2, 0.25) is 0 Å². The maximum atomic E-state index is 11.7. The summed E-state index contributed by atoms with van der Waals surface area (Å²) in [7, 11) is 0. The number of esters is 1. The lowest BCUT2D eigenvalue weighted by Crippen LogP contribution is -2.32. The van der Waals surface area contributed by atoms with Gasteiger partial charge in [-0.25, -0.2) is 0 Å². The first-order chi connectivity index (χ1) is 9.24. The Hall–Kier alpha value is -0.610. The number of rotatable bonds is 3. The highest BCUT2D eigenvalue weighted by atomic mass is 16.6. The van der Waals surface area contributed by atoms with E-state index in [1.807, 2.05) is 0 Å². The second kappa shape index (κ2) is 10.2. The predicted octanol–water partition coefficient (Wildman–Crippen LogP) is 2.56. The number of aliphatic hydroxyl groups is 2. The maximum absolute atomic E-state index is 11.7. The normalized spacial score (nSPS) is 25.6. The molecule has 2 N–H and O–H groups in total. The molecule has 2 atom stereocenters. The number of hydrogen-bond donors (Lipinski definition) is 2. The lowest BCUT2D eigenvalue weighted by atomic mass is 10.0. The third kappa shape index (κ3) is 7.53. The standard InChI is InChI=1S/C15H28O4/c16-12-11-13(17)14-9-7-5-3-1-2-4-6-8-10-15(18)19-14/h13-14,16-17H,1-12H2/t13-,14-/m1/s1. The molecule has 1 heterocycles. The van der Waals surface area contributed by atoms with Crippen LogP contribution < -0.4 is 0 Å². The molecule has 0 radical (unpaired) electrons. The van der Waals surface area contributed by atoms with Crippen molar-refractivity contribution in [3.05, 3.63) is 0 Å². The fourth-order valence-electron chi connectivity index (χ4n) is 2.55. The molecule has 0 aromatic rings. The van der Waals surface area contributed by atoms with Crippen molar-refractivity contribution < 1.29 is 19.7 Å². The van der Waals surface area contributed by atoms with Crippen LogP contribution in [-0.4, -0.2) is 35.0 Å². The molecule has 1 aliphatic rings. The van der Waals surface area contributed by atoms with Crippen molar-refractivity contribution in [1.82, 2.24) is 0 Å². The van der Waals surface area contributed by atoms with Gasteiger partial charge in [-0.15, -0.1) is 0 Å². The number of hydrogen-bond acceptors (Lipinski definition) is 4. The Bertz CT molecular complexity index is 242. The molecule has 112 valence electrons. The summed E-state index contributed by atoms with van der Waals surface area (Å²) < 4.78 is 5.38. The zero-order valence-electron chi connectivity index (χ0n) is 11.9. The molecular formula is C15H28O4. The molecule has 4 heteroatoms. The zero-order valence-corrected chi connectivity index (χ0v) is 11.9. The third-order valence-corrected chi connectivity index (χ3v) is 3.76. The van der Waals surface area contributed by atoms with Crippen molar-refractivity contribution in [3.63, 3.8) is 0 Å². The van der Waals surface area contributed by atoms with Gasteiger partial charge >= 0.3 is 5.97 Å². The second-order valence-electron chi connectivity index (χ2n) is 5.48. The molecule has 0 aromatic heterocycles. The third-order valence-electron chi connectivity index (χ3n) is 3.76. The molecule has 0 aliphatic carbocycles. The van der Waals surface area contributed by atoms with Crippen molar-refractivity contribution in [2.75, 3.05) is 6.61 Å². The van der Waals surface area contributed by atoms with E-state index in [2.05, 4.69) is 0 Å². The van der Waals surface area contributed by atoms with E-state index in [1.54, 1.807) is 0 Å². The van der Waals surface area contributed by atoms with Gasteiger partial charge in [0, 0.05) is 19.4 Å². The molecule has 19 heavy (non-hydrogen) atoms. The molecule has 0 amide bonds. The van der Waals surface area contributed by atoms with Crippen LogP contribution in [0.1, 0.15) is 70.6 Å². The average Bonchev–Trinajstić information content (AvgIpc) is 2.40. The van der Waals surface area contributed by atoms with Crippen LogP contribution in [0.4, 0.5) is 0 Å². The Balaban J connectivity index is 2.47. The Morgan fingerprint density at radius 1 is 1.05 bits per heavy atom. The van der Waals surface area contributed by atoms with Gasteiger partial charge in [0.25, 0.3) is 0 Å². The van der Waals surface area contributed by atoms with E-state index in [-0.39, 0.29) is 19.0 Å². The summed E-state index contributed by atoms with van der Waals surface area (Å²) in [6.45, 7) is -0.0742. The Labute approximate surface area is 116 Å². The van der Waals surface area contributed by atoms with Gasteiger partial charge < -0.3 is 14.9 Å². The molecule has 0 aromatic carbocycles. The molecule has 0 unspecified atom stereocenters. The number of carbonyl (C=O) groups excluding carboxylic acids is 1. The van der Waals surface area contributed by atoms with E-state index in [0.29, 0.717) is 12.8 Å². The van der Waals surface area contributed by atoms with Crippen molar-refractivity contribution in [2.24, 2.45) is 0 Å². The van der Waals surface area contributed by atoms with Crippen LogP contribution >= 0.6 is 0 Å². The van der Waals surface area contributed by atoms with Crippen LogP contribution in [0.3, 0.4) is 0 Å². The van der Waals surface area contributed by atoms with Crippen molar-refractivity contribution in [2.45, 2.75) is 82.8 Å². The van der Waals surface area contributed by atoms with Crippen LogP contribution in [0.25, 0.3) is 0 Å². The van der Waals surface area contributed by atoms with E-state index >= 15 is 0 Å². The van der Waals surface area contributed by atoms with Crippen molar-refractivity contribution >= 4 is 5.97 Å². The highest BCUT2D eigenvalue weighted by Gasteiger charge is 2.22. The molecule has 4 nitrogen and oxygen atoms in total. The monoisotopic (exact) mass is 272 g/mol. The molecule has 0 spiro atoms. The van der Waals surface area contributed by atoms with Crippen LogP contribution in [0.2, 0.25) is 0 Å². The van der Waals surface area contributed by atoms with E-state index in [4.69, 9.17) is 9.84 Å². The first-order valence-corrected chi connectivity index (χ1v) is 7.72. The zero-order chi connectivity index (χ0) is 13.9. The summed E-state index contributed by atoms with van der Waals surface area (Å²) >= 11 is 0. The highest BCUT2D eigenvalue weighted by molar-refractivity contribution is 5.69. The lowest BCUT2D eigenvalue weighted by molar-refractivity contribution is -0.156. The Morgan fingerprint density at radius 3 is 2.26 bits per heavy atom. The Morgan fingerprint density at radius 2 is 1.63 bits per heavy atom. The van der Waals surface area contributed by atoms with Gasteiger partial charge in [-0.1, -0.05) is 38.5 Å². The first-order valence-electron chi connectivity index (χ1n) is 7.72.